The summed E-state index contributed by atoms with van der Waals surface area (Å²) in [6.07, 6.45) is 11.9. The Morgan fingerprint density at radius 1 is 0.870 bits per heavy atom. The highest BCUT2D eigenvalue weighted by Crippen LogP contribution is 2.41. The van der Waals surface area contributed by atoms with E-state index in [-0.39, 0.29) is 5.91 Å². The molecule has 0 aromatic rings. The van der Waals surface area contributed by atoms with Crippen LogP contribution in [0.5, 0.6) is 0 Å². The van der Waals surface area contributed by atoms with Gasteiger partial charge in [0.05, 0.1) is 0 Å². The van der Waals surface area contributed by atoms with Crippen LogP contribution in [0.2, 0.25) is 0 Å². The SMILES string of the molecule is CCC.CCCCCCN1CCC2(CC1)CCN(C(C)=O)CC2. The summed E-state index contributed by atoms with van der Waals surface area (Å²) in [5, 5.41) is 0. The summed E-state index contributed by atoms with van der Waals surface area (Å²) in [6, 6.07) is 0. The minimum Gasteiger partial charge on any atom is -0.343 e. The van der Waals surface area contributed by atoms with Gasteiger partial charge in [0.25, 0.3) is 0 Å². The molecule has 2 aliphatic heterocycles. The van der Waals surface area contributed by atoms with Gasteiger partial charge in [-0.25, -0.2) is 0 Å². The highest BCUT2D eigenvalue weighted by Gasteiger charge is 2.37. The molecule has 0 bridgehead atoms. The maximum absolute atomic E-state index is 11.4. The predicted molar refractivity (Wildman–Crippen MR) is 99.7 cm³/mol. The van der Waals surface area contributed by atoms with Gasteiger partial charge in [-0.05, 0) is 57.2 Å². The molecule has 1 amide bonds. The third kappa shape index (κ3) is 7.24. The lowest BCUT2D eigenvalue weighted by molar-refractivity contribution is -0.131. The third-order valence-electron chi connectivity index (χ3n) is 5.51. The van der Waals surface area contributed by atoms with Crippen LogP contribution in [-0.2, 0) is 4.79 Å². The summed E-state index contributed by atoms with van der Waals surface area (Å²) in [4.78, 5) is 16.1. The molecule has 3 heteroatoms. The molecule has 2 heterocycles. The van der Waals surface area contributed by atoms with Gasteiger partial charge in [-0.3, -0.25) is 4.79 Å². The fraction of sp³-hybridized carbons (Fsp3) is 0.950. The van der Waals surface area contributed by atoms with Crippen molar-refractivity contribution in [3.63, 3.8) is 0 Å². The van der Waals surface area contributed by atoms with E-state index in [1.54, 1.807) is 6.92 Å². The Kier molecular flexibility index (Phi) is 9.85. The first-order chi connectivity index (χ1) is 11.1. The Balaban J connectivity index is 0.000000816. The van der Waals surface area contributed by atoms with Crippen LogP contribution in [0.25, 0.3) is 0 Å². The number of carbonyl (C=O) groups is 1. The zero-order valence-electron chi connectivity index (χ0n) is 16.2. The third-order valence-corrected chi connectivity index (χ3v) is 5.51. The van der Waals surface area contributed by atoms with Crippen LogP contribution in [0.15, 0.2) is 0 Å². The highest BCUT2D eigenvalue weighted by atomic mass is 16.2. The largest absolute Gasteiger partial charge is 0.343 e. The first-order valence-corrected chi connectivity index (χ1v) is 10.0. The van der Waals surface area contributed by atoms with Crippen molar-refractivity contribution >= 4 is 5.91 Å². The fourth-order valence-corrected chi connectivity index (χ4v) is 3.81. The topological polar surface area (TPSA) is 23.6 Å². The van der Waals surface area contributed by atoms with E-state index >= 15 is 0 Å². The summed E-state index contributed by atoms with van der Waals surface area (Å²) < 4.78 is 0. The number of amides is 1. The molecule has 2 aliphatic rings. The Labute approximate surface area is 144 Å². The molecule has 3 nitrogen and oxygen atoms in total. The van der Waals surface area contributed by atoms with E-state index in [0.717, 1.165) is 13.1 Å². The van der Waals surface area contributed by atoms with Crippen LogP contribution in [0, 0.1) is 5.41 Å². The Bertz CT molecular complexity index is 312. The molecular formula is C20H40N2O. The molecule has 2 saturated heterocycles. The second kappa shape index (κ2) is 11.1. The molecule has 0 unspecified atom stereocenters. The van der Waals surface area contributed by atoms with Gasteiger partial charge in [-0.1, -0.05) is 46.5 Å². The van der Waals surface area contributed by atoms with E-state index in [0.29, 0.717) is 5.41 Å². The second-order valence-corrected chi connectivity index (χ2v) is 7.62. The van der Waals surface area contributed by atoms with Gasteiger partial charge >= 0.3 is 0 Å². The lowest BCUT2D eigenvalue weighted by atomic mass is 9.71. The van der Waals surface area contributed by atoms with Crippen molar-refractivity contribution in [2.24, 2.45) is 5.41 Å². The first kappa shape index (κ1) is 20.5. The second-order valence-electron chi connectivity index (χ2n) is 7.62. The Hall–Kier alpha value is -0.570. The molecule has 136 valence electrons. The van der Waals surface area contributed by atoms with Gasteiger partial charge in [0, 0.05) is 20.0 Å². The monoisotopic (exact) mass is 324 g/mol. The van der Waals surface area contributed by atoms with E-state index < -0.39 is 0 Å². The van der Waals surface area contributed by atoms with E-state index in [2.05, 4.69) is 25.7 Å². The number of likely N-dealkylation sites (tertiary alicyclic amines) is 2. The number of piperidine rings is 2. The summed E-state index contributed by atoms with van der Waals surface area (Å²) >= 11 is 0. The summed E-state index contributed by atoms with van der Waals surface area (Å²) in [7, 11) is 0. The normalized spacial score (nSPS) is 21.0. The van der Waals surface area contributed by atoms with Crippen molar-refractivity contribution in [3.05, 3.63) is 0 Å². The standard InChI is InChI=1S/C17H32N2O.C3H8/c1-3-4-5-6-11-18-12-7-17(8-13-18)9-14-19(15-10-17)16(2)20;1-3-2/h3-15H2,1-2H3;3H2,1-2H3. The van der Waals surface area contributed by atoms with E-state index in [4.69, 9.17) is 0 Å². The number of carbonyl (C=O) groups excluding carboxylic acids is 1. The molecule has 23 heavy (non-hydrogen) atoms. The molecule has 0 atom stereocenters. The highest BCUT2D eigenvalue weighted by molar-refractivity contribution is 5.73. The zero-order chi connectivity index (χ0) is 17.1. The molecule has 1 spiro atoms. The van der Waals surface area contributed by atoms with Crippen molar-refractivity contribution in [3.8, 4) is 0 Å². The Morgan fingerprint density at radius 3 is 1.87 bits per heavy atom. The quantitative estimate of drug-likeness (QED) is 0.684. The Morgan fingerprint density at radius 2 is 1.39 bits per heavy atom. The number of unbranched alkanes of at least 4 members (excludes halogenated alkanes) is 3. The van der Waals surface area contributed by atoms with E-state index in [1.807, 2.05) is 4.90 Å². The summed E-state index contributed by atoms with van der Waals surface area (Å²) in [6.45, 7) is 14.1. The molecular weight excluding hydrogens is 284 g/mol. The average Bonchev–Trinajstić information content (AvgIpc) is 2.55. The summed E-state index contributed by atoms with van der Waals surface area (Å²) in [5.74, 6) is 0.258. The van der Waals surface area contributed by atoms with Crippen LogP contribution in [-0.4, -0.2) is 48.4 Å². The van der Waals surface area contributed by atoms with Gasteiger partial charge < -0.3 is 9.80 Å². The molecule has 0 radical (unpaired) electrons. The lowest BCUT2D eigenvalue weighted by Crippen LogP contribution is -2.47. The molecule has 2 fully saturated rings. The van der Waals surface area contributed by atoms with Crippen molar-refractivity contribution in [2.75, 3.05) is 32.7 Å². The summed E-state index contributed by atoms with van der Waals surface area (Å²) in [5.41, 5.74) is 0.561. The van der Waals surface area contributed by atoms with Gasteiger partial charge in [0.2, 0.25) is 5.91 Å². The first-order valence-electron chi connectivity index (χ1n) is 10.0. The van der Waals surface area contributed by atoms with Crippen molar-refractivity contribution in [1.82, 2.24) is 9.80 Å². The minimum absolute atomic E-state index is 0.258. The van der Waals surface area contributed by atoms with E-state index in [1.165, 1.54) is 77.4 Å². The van der Waals surface area contributed by atoms with Crippen molar-refractivity contribution in [2.45, 2.75) is 85.5 Å². The smallest absolute Gasteiger partial charge is 0.219 e. The van der Waals surface area contributed by atoms with Crippen LogP contribution in [0.1, 0.15) is 85.5 Å². The van der Waals surface area contributed by atoms with Gasteiger partial charge in [0.1, 0.15) is 0 Å². The number of hydrogen-bond donors (Lipinski definition) is 0. The van der Waals surface area contributed by atoms with Gasteiger partial charge in [0.15, 0.2) is 0 Å². The van der Waals surface area contributed by atoms with Crippen LogP contribution in [0.4, 0.5) is 0 Å². The zero-order valence-corrected chi connectivity index (χ0v) is 16.2. The molecule has 0 saturated carbocycles. The van der Waals surface area contributed by atoms with Crippen LogP contribution < -0.4 is 0 Å². The van der Waals surface area contributed by atoms with Gasteiger partial charge in [-0.2, -0.15) is 0 Å². The number of rotatable bonds is 5. The van der Waals surface area contributed by atoms with Crippen molar-refractivity contribution < 1.29 is 4.79 Å². The van der Waals surface area contributed by atoms with Gasteiger partial charge in [-0.15, -0.1) is 0 Å². The molecule has 2 rings (SSSR count). The van der Waals surface area contributed by atoms with Crippen LogP contribution >= 0.6 is 0 Å². The molecule has 0 aliphatic carbocycles. The van der Waals surface area contributed by atoms with Crippen molar-refractivity contribution in [1.29, 1.82) is 0 Å². The van der Waals surface area contributed by atoms with Crippen LogP contribution in [0.3, 0.4) is 0 Å². The number of hydrogen-bond acceptors (Lipinski definition) is 2. The molecule has 0 aromatic carbocycles. The fourth-order valence-electron chi connectivity index (χ4n) is 3.81. The lowest BCUT2D eigenvalue weighted by Gasteiger charge is -2.46. The van der Waals surface area contributed by atoms with E-state index in [9.17, 15) is 4.79 Å². The average molecular weight is 325 g/mol. The minimum atomic E-state index is 0.258. The maximum Gasteiger partial charge on any atom is 0.219 e. The maximum atomic E-state index is 11.4. The molecule has 0 aromatic heterocycles. The predicted octanol–water partition coefficient (Wildman–Crippen LogP) is 4.71. The number of nitrogens with zero attached hydrogens (tertiary/aromatic N) is 2. The molecule has 0 N–H and O–H groups in total.